The molecule has 0 saturated heterocycles. The van der Waals surface area contributed by atoms with Crippen LogP contribution in [0.3, 0.4) is 0 Å². The molecular formula is C20H23N3OS. The van der Waals surface area contributed by atoms with Gasteiger partial charge in [-0.1, -0.05) is 17.7 Å². The molecule has 0 aliphatic carbocycles. The molecule has 0 unspecified atom stereocenters. The maximum Gasteiger partial charge on any atom is 0.267 e. The van der Waals surface area contributed by atoms with E-state index in [1.807, 2.05) is 24.3 Å². The van der Waals surface area contributed by atoms with E-state index < -0.39 is 0 Å². The third kappa shape index (κ3) is 4.17. The van der Waals surface area contributed by atoms with Gasteiger partial charge in [-0.15, -0.1) is 11.3 Å². The van der Waals surface area contributed by atoms with Crippen LogP contribution in [0.5, 0.6) is 0 Å². The van der Waals surface area contributed by atoms with E-state index in [4.69, 9.17) is 0 Å². The standard InChI is InChI=1S/C20H23N3OS/c1-14(2)8-11-23-17-12-15(3)25-19(17)13-18(23)20(24)22-10-7-16-6-4-5-9-21-16/h4-6,8-9,12-13H,7,10-11H2,1-3H3,(H,22,24). The van der Waals surface area contributed by atoms with Crippen molar-refractivity contribution in [3.63, 3.8) is 0 Å². The lowest BCUT2D eigenvalue weighted by atomic mass is 10.2. The molecule has 1 N–H and O–H groups in total. The summed E-state index contributed by atoms with van der Waals surface area (Å²) in [5, 5.41) is 3.03. The van der Waals surface area contributed by atoms with Crippen LogP contribution in [0.15, 0.2) is 48.2 Å². The molecule has 130 valence electrons. The molecule has 0 aliphatic heterocycles. The molecule has 3 aromatic heterocycles. The highest BCUT2D eigenvalue weighted by molar-refractivity contribution is 7.19. The summed E-state index contributed by atoms with van der Waals surface area (Å²) in [6, 6.07) is 9.99. The normalized spacial score (nSPS) is 10.8. The lowest BCUT2D eigenvalue weighted by Gasteiger charge is -2.09. The Hall–Kier alpha value is -2.40. The zero-order chi connectivity index (χ0) is 17.8. The van der Waals surface area contributed by atoms with Gasteiger partial charge in [-0.05, 0) is 45.0 Å². The number of aryl methyl sites for hydroxylation is 1. The Morgan fingerprint density at radius 2 is 2.16 bits per heavy atom. The van der Waals surface area contributed by atoms with Crippen LogP contribution in [0.25, 0.3) is 10.2 Å². The van der Waals surface area contributed by atoms with E-state index in [0.717, 1.165) is 28.0 Å². The SMILES string of the molecule is CC(C)=CCn1c(C(=O)NCCc2ccccn2)cc2sc(C)cc21. The molecule has 0 bridgehead atoms. The van der Waals surface area contributed by atoms with Gasteiger partial charge in [0.1, 0.15) is 5.69 Å². The molecule has 0 atom stereocenters. The minimum atomic E-state index is -0.0286. The zero-order valence-electron chi connectivity index (χ0n) is 14.9. The first kappa shape index (κ1) is 17.4. The maximum atomic E-state index is 12.7. The summed E-state index contributed by atoms with van der Waals surface area (Å²) < 4.78 is 3.26. The Kier molecular flexibility index (Phi) is 5.34. The first-order chi connectivity index (χ1) is 12.0. The summed E-state index contributed by atoms with van der Waals surface area (Å²) in [6.07, 6.45) is 4.66. The topological polar surface area (TPSA) is 46.9 Å². The van der Waals surface area contributed by atoms with Crippen LogP contribution in [0.4, 0.5) is 0 Å². The predicted octanol–water partition coefficient (Wildman–Crippen LogP) is 4.34. The highest BCUT2D eigenvalue weighted by atomic mass is 32.1. The molecule has 0 radical (unpaired) electrons. The summed E-state index contributed by atoms with van der Waals surface area (Å²) in [7, 11) is 0. The molecule has 3 heterocycles. The van der Waals surface area contributed by atoms with E-state index in [0.29, 0.717) is 13.1 Å². The highest BCUT2D eigenvalue weighted by Crippen LogP contribution is 2.28. The second-order valence-corrected chi connectivity index (χ2v) is 7.64. The van der Waals surface area contributed by atoms with Gasteiger partial charge in [0.25, 0.3) is 5.91 Å². The van der Waals surface area contributed by atoms with E-state index in [1.54, 1.807) is 17.5 Å². The average molecular weight is 353 g/mol. The van der Waals surface area contributed by atoms with E-state index in [2.05, 4.69) is 47.8 Å². The van der Waals surface area contributed by atoms with Crippen molar-refractivity contribution in [3.8, 4) is 0 Å². The summed E-state index contributed by atoms with van der Waals surface area (Å²) in [5.41, 5.74) is 4.09. The lowest BCUT2D eigenvalue weighted by Crippen LogP contribution is -2.28. The zero-order valence-corrected chi connectivity index (χ0v) is 15.7. The average Bonchev–Trinajstić information content (AvgIpc) is 3.10. The van der Waals surface area contributed by atoms with Crippen molar-refractivity contribution in [1.82, 2.24) is 14.9 Å². The van der Waals surface area contributed by atoms with Crippen LogP contribution < -0.4 is 5.32 Å². The summed E-state index contributed by atoms with van der Waals surface area (Å²) in [6.45, 7) is 7.54. The van der Waals surface area contributed by atoms with Gasteiger partial charge in [-0.2, -0.15) is 0 Å². The second-order valence-electron chi connectivity index (χ2n) is 6.36. The largest absolute Gasteiger partial charge is 0.350 e. The van der Waals surface area contributed by atoms with Crippen molar-refractivity contribution in [2.24, 2.45) is 0 Å². The van der Waals surface area contributed by atoms with Gasteiger partial charge in [0.05, 0.1) is 10.2 Å². The Bertz CT molecular complexity index is 902. The predicted molar refractivity (Wildman–Crippen MR) is 104 cm³/mol. The molecular weight excluding hydrogens is 330 g/mol. The van der Waals surface area contributed by atoms with E-state index in [-0.39, 0.29) is 5.91 Å². The number of hydrogen-bond donors (Lipinski definition) is 1. The van der Waals surface area contributed by atoms with Crippen molar-refractivity contribution in [2.75, 3.05) is 6.54 Å². The number of hydrogen-bond acceptors (Lipinski definition) is 3. The number of carbonyl (C=O) groups excluding carboxylic acids is 1. The van der Waals surface area contributed by atoms with Gasteiger partial charge in [-0.3, -0.25) is 9.78 Å². The summed E-state index contributed by atoms with van der Waals surface area (Å²) in [5.74, 6) is -0.0286. The molecule has 0 fully saturated rings. The number of allylic oxidation sites excluding steroid dienone is 2. The van der Waals surface area contributed by atoms with Crippen LogP contribution in [-0.4, -0.2) is 22.0 Å². The van der Waals surface area contributed by atoms with Gasteiger partial charge in [0, 0.05) is 36.3 Å². The van der Waals surface area contributed by atoms with Crippen molar-refractivity contribution in [1.29, 1.82) is 0 Å². The number of rotatable bonds is 6. The monoisotopic (exact) mass is 353 g/mol. The van der Waals surface area contributed by atoms with Gasteiger partial charge < -0.3 is 9.88 Å². The van der Waals surface area contributed by atoms with Gasteiger partial charge in [-0.25, -0.2) is 0 Å². The van der Waals surface area contributed by atoms with Crippen LogP contribution in [-0.2, 0) is 13.0 Å². The van der Waals surface area contributed by atoms with Crippen LogP contribution in [0.1, 0.15) is 34.9 Å². The fourth-order valence-corrected chi connectivity index (χ4v) is 3.73. The van der Waals surface area contributed by atoms with Crippen molar-refractivity contribution >= 4 is 27.5 Å². The summed E-state index contributed by atoms with van der Waals surface area (Å²) >= 11 is 1.73. The molecule has 3 aromatic rings. The Labute approximate surface area is 152 Å². The molecule has 5 heteroatoms. The van der Waals surface area contributed by atoms with E-state index >= 15 is 0 Å². The fraction of sp³-hybridized carbons (Fsp3) is 0.300. The van der Waals surface area contributed by atoms with Crippen molar-refractivity contribution < 1.29 is 4.79 Å². The first-order valence-corrected chi connectivity index (χ1v) is 9.27. The number of fused-ring (bicyclic) bond motifs is 1. The van der Waals surface area contributed by atoms with Crippen LogP contribution in [0.2, 0.25) is 0 Å². The summed E-state index contributed by atoms with van der Waals surface area (Å²) in [4.78, 5) is 18.2. The van der Waals surface area contributed by atoms with E-state index in [1.165, 1.54) is 10.5 Å². The minimum absolute atomic E-state index is 0.0286. The fourth-order valence-electron chi connectivity index (χ4n) is 2.76. The number of thiophene rings is 1. The van der Waals surface area contributed by atoms with Gasteiger partial charge in [0.15, 0.2) is 0 Å². The number of aromatic nitrogens is 2. The third-order valence-electron chi connectivity index (χ3n) is 4.02. The molecule has 0 aliphatic rings. The molecule has 4 nitrogen and oxygen atoms in total. The quantitative estimate of drug-likeness (QED) is 0.670. The molecule has 3 rings (SSSR count). The number of amides is 1. The van der Waals surface area contributed by atoms with Crippen molar-refractivity contribution in [2.45, 2.75) is 33.7 Å². The smallest absolute Gasteiger partial charge is 0.267 e. The molecule has 25 heavy (non-hydrogen) atoms. The second kappa shape index (κ2) is 7.66. The minimum Gasteiger partial charge on any atom is -0.350 e. The molecule has 0 saturated carbocycles. The van der Waals surface area contributed by atoms with E-state index in [9.17, 15) is 4.79 Å². The highest BCUT2D eigenvalue weighted by Gasteiger charge is 2.16. The molecule has 0 spiro atoms. The Balaban J connectivity index is 1.76. The number of pyridine rings is 1. The van der Waals surface area contributed by atoms with Crippen LogP contribution in [0, 0.1) is 6.92 Å². The maximum absolute atomic E-state index is 12.7. The number of nitrogens with zero attached hydrogens (tertiary/aromatic N) is 2. The Morgan fingerprint density at radius 1 is 1.32 bits per heavy atom. The molecule has 1 amide bonds. The van der Waals surface area contributed by atoms with Crippen LogP contribution >= 0.6 is 11.3 Å². The van der Waals surface area contributed by atoms with Gasteiger partial charge >= 0.3 is 0 Å². The first-order valence-electron chi connectivity index (χ1n) is 8.46. The number of carbonyl (C=O) groups is 1. The van der Waals surface area contributed by atoms with Crippen molar-refractivity contribution in [3.05, 3.63) is 64.4 Å². The van der Waals surface area contributed by atoms with Gasteiger partial charge in [0.2, 0.25) is 0 Å². The lowest BCUT2D eigenvalue weighted by molar-refractivity contribution is 0.0945. The molecule has 0 aromatic carbocycles. The number of nitrogens with one attached hydrogen (secondary N) is 1. The Morgan fingerprint density at radius 3 is 2.88 bits per heavy atom. The third-order valence-corrected chi connectivity index (χ3v) is 5.01.